The number of nitrogens with one attached hydrogen (secondary N) is 1. The van der Waals surface area contributed by atoms with Gasteiger partial charge >= 0.3 is 7.05 Å². The summed E-state index contributed by atoms with van der Waals surface area (Å²) in [4.78, 5) is 10.2. The van der Waals surface area contributed by atoms with Gasteiger partial charge in [-0.2, -0.15) is 5.10 Å². The zero-order chi connectivity index (χ0) is 20.7. The van der Waals surface area contributed by atoms with Gasteiger partial charge in [0.15, 0.2) is 0 Å². The molecule has 0 amide bonds. The maximum Gasteiger partial charge on any atom is 0.471 e. The molecule has 4 aliphatic rings. The number of rotatable bonds is 2. The average molecular weight is 406 g/mol. The molecule has 6 rings (SSSR count). The summed E-state index contributed by atoms with van der Waals surface area (Å²) in [6.45, 7) is 7.49. The first-order valence-electron chi connectivity index (χ1n) is 11.6. The zero-order valence-electron chi connectivity index (χ0n) is 18.2. The van der Waals surface area contributed by atoms with Crippen LogP contribution in [0.15, 0.2) is 23.6 Å². The Morgan fingerprint density at radius 2 is 2.20 bits per heavy atom. The lowest BCUT2D eigenvalue weighted by Crippen LogP contribution is -2.61. The van der Waals surface area contributed by atoms with Crippen molar-refractivity contribution in [3.05, 3.63) is 24.0 Å². The normalized spacial score (nSPS) is 34.7. The largest absolute Gasteiger partial charge is 0.471 e. The lowest BCUT2D eigenvalue weighted by molar-refractivity contribution is -0.0125. The topological polar surface area (TPSA) is 73.7 Å². The van der Waals surface area contributed by atoms with E-state index < -0.39 is 5.60 Å². The van der Waals surface area contributed by atoms with Gasteiger partial charge < -0.3 is 19.7 Å². The van der Waals surface area contributed by atoms with Crippen LogP contribution in [0.25, 0.3) is 11.0 Å². The Morgan fingerprint density at radius 3 is 3.03 bits per heavy atom. The van der Waals surface area contributed by atoms with Crippen molar-refractivity contribution in [3.63, 3.8) is 0 Å². The minimum Gasteiger partial charge on any atom is -0.407 e. The Labute approximate surface area is 178 Å². The monoisotopic (exact) mass is 406 g/mol. The van der Waals surface area contributed by atoms with Gasteiger partial charge in [-0.3, -0.25) is 0 Å². The summed E-state index contributed by atoms with van der Waals surface area (Å²) >= 11 is 0. The fourth-order valence-corrected chi connectivity index (χ4v) is 6.65. The van der Waals surface area contributed by atoms with E-state index >= 15 is 0 Å². The molecule has 1 saturated heterocycles. The third-order valence-electron chi connectivity index (χ3n) is 8.14. The van der Waals surface area contributed by atoms with Crippen LogP contribution in [0, 0.1) is 17.8 Å². The van der Waals surface area contributed by atoms with Crippen molar-refractivity contribution in [2.24, 2.45) is 22.9 Å². The van der Waals surface area contributed by atoms with Crippen LogP contribution in [-0.2, 0) is 4.65 Å². The second kappa shape index (κ2) is 6.33. The fourth-order valence-electron chi connectivity index (χ4n) is 6.65. The first-order chi connectivity index (χ1) is 14.4. The van der Waals surface area contributed by atoms with Gasteiger partial charge in [-0.1, -0.05) is 13.3 Å². The second-order valence-electron chi connectivity index (χ2n) is 10.6. The van der Waals surface area contributed by atoms with Crippen LogP contribution >= 0.6 is 0 Å². The van der Waals surface area contributed by atoms with Gasteiger partial charge in [-0.15, -0.1) is 0 Å². The first-order valence-corrected chi connectivity index (χ1v) is 11.6. The van der Waals surface area contributed by atoms with Crippen LogP contribution in [0.5, 0.6) is 0 Å². The number of fused-ring (bicyclic) bond motifs is 7. The predicted molar refractivity (Wildman–Crippen MR) is 119 cm³/mol. The fraction of sp³-hybridized carbons (Fsp3) is 0.652. The number of aromatic amines is 1. The molecule has 30 heavy (non-hydrogen) atoms. The van der Waals surface area contributed by atoms with E-state index in [-0.39, 0.29) is 12.7 Å². The highest BCUT2D eigenvalue weighted by Gasteiger charge is 2.53. The van der Waals surface area contributed by atoms with E-state index in [2.05, 4.69) is 36.7 Å². The average Bonchev–Trinajstić information content (AvgIpc) is 3.31. The Morgan fingerprint density at radius 1 is 1.33 bits per heavy atom. The van der Waals surface area contributed by atoms with Crippen molar-refractivity contribution in [2.45, 2.75) is 70.5 Å². The molecule has 2 aliphatic heterocycles. The molecule has 2 aromatic rings. The van der Waals surface area contributed by atoms with Crippen LogP contribution in [-0.4, -0.2) is 50.5 Å². The molecular formula is C23H31BN4O2. The summed E-state index contributed by atoms with van der Waals surface area (Å²) in [6, 6.07) is 2.13. The predicted octanol–water partition coefficient (Wildman–Crippen LogP) is 3.05. The van der Waals surface area contributed by atoms with Gasteiger partial charge in [0.2, 0.25) is 0 Å². The molecule has 2 saturated carbocycles. The quantitative estimate of drug-likeness (QED) is 0.752. The van der Waals surface area contributed by atoms with Crippen molar-refractivity contribution in [2.75, 3.05) is 6.54 Å². The minimum atomic E-state index is -0.456. The number of hydrazone groups is 1. The van der Waals surface area contributed by atoms with Gasteiger partial charge in [0.25, 0.3) is 0 Å². The van der Waals surface area contributed by atoms with Gasteiger partial charge in [0.1, 0.15) is 5.65 Å². The highest BCUT2D eigenvalue weighted by molar-refractivity contribution is 6.68. The van der Waals surface area contributed by atoms with E-state index in [9.17, 15) is 5.11 Å². The summed E-state index contributed by atoms with van der Waals surface area (Å²) in [5.74, 6) is 1.35. The van der Waals surface area contributed by atoms with Gasteiger partial charge in [0, 0.05) is 46.9 Å². The van der Waals surface area contributed by atoms with Crippen molar-refractivity contribution in [1.29, 1.82) is 0 Å². The number of nitrogens with zero attached hydrogens (tertiary/aromatic N) is 3. The maximum absolute atomic E-state index is 11.0. The first kappa shape index (κ1) is 18.9. The molecule has 2 bridgehead atoms. The Balaban J connectivity index is 1.53. The van der Waals surface area contributed by atoms with Crippen LogP contribution < -0.4 is 5.46 Å². The van der Waals surface area contributed by atoms with Gasteiger partial charge in [-0.25, -0.2) is 4.98 Å². The lowest BCUT2D eigenvalue weighted by Gasteiger charge is -2.46. The molecule has 4 atom stereocenters. The molecular weight excluding hydrogens is 375 g/mol. The highest BCUT2D eigenvalue weighted by atomic mass is 16.5. The molecule has 0 aromatic carbocycles. The van der Waals surface area contributed by atoms with Crippen molar-refractivity contribution < 1.29 is 9.76 Å². The molecule has 3 fully saturated rings. The van der Waals surface area contributed by atoms with E-state index in [4.69, 9.17) is 14.7 Å². The number of H-pyrrole nitrogens is 1. The van der Waals surface area contributed by atoms with E-state index in [0.29, 0.717) is 17.8 Å². The molecule has 6 nitrogen and oxygen atoms in total. The zero-order valence-corrected chi connectivity index (χ0v) is 18.2. The van der Waals surface area contributed by atoms with Crippen molar-refractivity contribution in [1.82, 2.24) is 14.9 Å². The summed E-state index contributed by atoms with van der Waals surface area (Å²) in [5.41, 5.74) is 3.86. The highest BCUT2D eigenvalue weighted by Crippen LogP contribution is 2.53. The number of aromatic nitrogens is 2. The molecule has 7 heteroatoms. The minimum absolute atomic E-state index is 0.169. The Bertz CT molecular complexity index is 1030. The number of hydrogen-bond donors (Lipinski definition) is 2. The lowest BCUT2D eigenvalue weighted by atomic mass is 9.61. The van der Waals surface area contributed by atoms with E-state index in [1.807, 2.05) is 12.4 Å². The molecule has 2 aromatic heterocycles. The Hall–Kier alpha value is -1.86. The van der Waals surface area contributed by atoms with Gasteiger partial charge in [0.05, 0.1) is 11.3 Å². The van der Waals surface area contributed by atoms with Crippen LogP contribution in [0.3, 0.4) is 0 Å². The SMILES string of the molecule is CC[C@@H]1C[C@]2(O)CC[C@@H](C2)[C@H]1C1=NN2CCC(C)(C)OB2c2cnc3[nH]ccc3c21. The third-order valence-corrected chi connectivity index (χ3v) is 8.14. The molecule has 0 unspecified atom stereocenters. The number of aliphatic hydroxyl groups is 1. The van der Waals surface area contributed by atoms with E-state index in [1.165, 1.54) is 11.3 Å². The summed E-state index contributed by atoms with van der Waals surface area (Å²) in [6.07, 6.45) is 9.85. The van der Waals surface area contributed by atoms with Crippen molar-refractivity contribution >= 4 is 29.3 Å². The molecule has 2 aliphatic carbocycles. The van der Waals surface area contributed by atoms with E-state index in [1.54, 1.807) is 0 Å². The summed E-state index contributed by atoms with van der Waals surface area (Å²) < 4.78 is 6.52. The molecule has 4 heterocycles. The number of hydrogen-bond acceptors (Lipinski definition) is 5. The number of pyridine rings is 1. The third kappa shape index (κ3) is 2.71. The summed E-state index contributed by atoms with van der Waals surface area (Å²) in [7, 11) is -0.177. The molecule has 2 N–H and O–H groups in total. The van der Waals surface area contributed by atoms with Crippen LogP contribution in [0.1, 0.15) is 64.9 Å². The molecule has 0 radical (unpaired) electrons. The van der Waals surface area contributed by atoms with Crippen LogP contribution in [0.4, 0.5) is 0 Å². The van der Waals surface area contributed by atoms with Crippen LogP contribution in [0.2, 0.25) is 0 Å². The Kier molecular flexibility index (Phi) is 3.98. The standard InChI is InChI=1S/C23H31BN4O2/c1-4-14-11-23(29)7-5-15(12-23)18(14)20-19-16-6-9-25-21(16)26-13-17(19)24-28(27-20)10-8-22(2,3)30-24/h6,9,13-15,18,29H,4-5,7-8,10-12H2,1-3H3,(H,25,26)/t14-,15+,18+,23-/m1/s1. The second-order valence-corrected chi connectivity index (χ2v) is 10.6. The smallest absolute Gasteiger partial charge is 0.407 e. The van der Waals surface area contributed by atoms with Crippen molar-refractivity contribution in [3.8, 4) is 0 Å². The summed E-state index contributed by atoms with van der Waals surface area (Å²) in [5, 5.41) is 17.5. The van der Waals surface area contributed by atoms with Gasteiger partial charge in [-0.05, 0) is 63.9 Å². The molecule has 158 valence electrons. The van der Waals surface area contributed by atoms with E-state index in [0.717, 1.165) is 61.6 Å². The molecule has 0 spiro atoms. The maximum atomic E-state index is 11.0.